The fourth-order valence-electron chi connectivity index (χ4n) is 2.09. The van der Waals surface area contributed by atoms with E-state index in [0.717, 1.165) is 13.0 Å². The quantitative estimate of drug-likeness (QED) is 0.503. The third kappa shape index (κ3) is 5.69. The Bertz CT molecular complexity index is 910. The normalized spacial score (nSPS) is 11.2. The van der Waals surface area contributed by atoms with Crippen LogP contribution in [0.1, 0.15) is 6.42 Å². The van der Waals surface area contributed by atoms with Crippen molar-refractivity contribution in [3.8, 4) is 5.88 Å². The number of rotatable bonds is 8. The number of aromatic nitrogens is 1. The van der Waals surface area contributed by atoms with E-state index >= 15 is 0 Å². The van der Waals surface area contributed by atoms with Crippen molar-refractivity contribution in [1.82, 2.24) is 9.88 Å². The van der Waals surface area contributed by atoms with Crippen LogP contribution in [0, 0.1) is 6.57 Å². The molecule has 0 radical (unpaired) electrons. The molecule has 0 aliphatic rings. The van der Waals surface area contributed by atoms with Crippen LogP contribution in [0.4, 0.5) is 11.4 Å². The average Bonchev–Trinajstić information content (AvgIpc) is 2.60. The van der Waals surface area contributed by atoms with Crippen LogP contribution >= 0.6 is 15.9 Å². The van der Waals surface area contributed by atoms with Crippen LogP contribution in [0.25, 0.3) is 4.85 Å². The first-order chi connectivity index (χ1) is 12.3. The molecule has 0 unspecified atom stereocenters. The minimum atomic E-state index is -3.87. The second kappa shape index (κ2) is 8.98. The van der Waals surface area contributed by atoms with Crippen LogP contribution in [0.3, 0.4) is 0 Å². The van der Waals surface area contributed by atoms with Gasteiger partial charge >= 0.3 is 0 Å². The molecule has 1 N–H and O–H groups in total. The van der Waals surface area contributed by atoms with E-state index < -0.39 is 10.0 Å². The molecular weight excluding hydrogens is 420 g/mol. The highest BCUT2D eigenvalue weighted by atomic mass is 79.9. The topological polar surface area (TPSA) is 75.9 Å². The fourth-order valence-corrected chi connectivity index (χ4v) is 3.51. The van der Waals surface area contributed by atoms with Crippen LogP contribution in [-0.4, -0.2) is 45.5 Å². The summed E-state index contributed by atoms with van der Waals surface area (Å²) in [6.07, 6.45) is 2.32. The maximum absolute atomic E-state index is 12.6. The van der Waals surface area contributed by atoms with Crippen LogP contribution in [0.5, 0.6) is 5.88 Å². The van der Waals surface area contributed by atoms with E-state index in [-0.39, 0.29) is 22.2 Å². The Morgan fingerprint density at radius 1 is 1.35 bits per heavy atom. The van der Waals surface area contributed by atoms with Crippen LogP contribution in [0.15, 0.2) is 45.9 Å². The maximum Gasteiger partial charge on any atom is 0.260 e. The zero-order valence-electron chi connectivity index (χ0n) is 14.4. The Balaban J connectivity index is 2.21. The first-order valence-electron chi connectivity index (χ1n) is 7.75. The van der Waals surface area contributed by atoms with Gasteiger partial charge in [-0.3, -0.25) is 4.72 Å². The lowest BCUT2D eigenvalue weighted by molar-refractivity contribution is 0.274. The molecule has 0 fully saturated rings. The lowest BCUT2D eigenvalue weighted by Gasteiger charge is -2.14. The molecule has 0 bridgehead atoms. The predicted octanol–water partition coefficient (Wildman–Crippen LogP) is 3.53. The molecular formula is C17H19BrN4O3S. The van der Waals surface area contributed by atoms with Crippen LogP contribution < -0.4 is 9.46 Å². The van der Waals surface area contributed by atoms with Crippen molar-refractivity contribution in [1.29, 1.82) is 0 Å². The number of benzene rings is 1. The third-order valence-electron chi connectivity index (χ3n) is 3.31. The minimum Gasteiger partial charge on any atom is -0.476 e. The number of sulfonamides is 1. The Hall–Kier alpha value is -2.15. The maximum atomic E-state index is 12.6. The van der Waals surface area contributed by atoms with E-state index in [1.54, 1.807) is 18.3 Å². The van der Waals surface area contributed by atoms with Gasteiger partial charge in [-0.1, -0.05) is 12.1 Å². The van der Waals surface area contributed by atoms with Crippen LogP contribution in [0.2, 0.25) is 0 Å². The summed E-state index contributed by atoms with van der Waals surface area (Å²) in [5.74, 6) is 0.205. The third-order valence-corrected chi connectivity index (χ3v) is 5.10. The van der Waals surface area contributed by atoms with Gasteiger partial charge in [0, 0.05) is 17.2 Å². The molecule has 138 valence electrons. The minimum absolute atomic E-state index is 0.00420. The summed E-state index contributed by atoms with van der Waals surface area (Å²) in [5, 5.41) is 0. The summed E-state index contributed by atoms with van der Waals surface area (Å²) in [6.45, 7) is 8.28. The van der Waals surface area contributed by atoms with Crippen molar-refractivity contribution in [3.05, 3.63) is 52.4 Å². The zero-order valence-corrected chi connectivity index (χ0v) is 16.8. The smallest absolute Gasteiger partial charge is 0.260 e. The lowest BCUT2D eigenvalue weighted by Crippen LogP contribution is -2.17. The van der Waals surface area contributed by atoms with Crippen molar-refractivity contribution in [2.45, 2.75) is 11.3 Å². The summed E-state index contributed by atoms with van der Waals surface area (Å²) in [5.41, 5.74) is 0.484. The van der Waals surface area contributed by atoms with Gasteiger partial charge < -0.3 is 9.64 Å². The van der Waals surface area contributed by atoms with E-state index in [1.807, 2.05) is 19.0 Å². The number of halogens is 1. The Labute approximate surface area is 162 Å². The SMILES string of the molecule is [C-]#[N+]c1cccc(S(=O)(=O)Nc2cc(Br)cnc2OCCCN(C)C)c1. The van der Waals surface area contributed by atoms with Crippen molar-refractivity contribution < 1.29 is 13.2 Å². The Kier molecular flexibility index (Phi) is 6.97. The van der Waals surface area contributed by atoms with Gasteiger partial charge in [0.25, 0.3) is 10.0 Å². The van der Waals surface area contributed by atoms with E-state index in [2.05, 4.69) is 30.5 Å². The highest BCUT2D eigenvalue weighted by Crippen LogP contribution is 2.28. The molecule has 1 aromatic heterocycles. The monoisotopic (exact) mass is 438 g/mol. The summed E-state index contributed by atoms with van der Waals surface area (Å²) < 4.78 is 34.0. The molecule has 0 saturated heterocycles. The average molecular weight is 439 g/mol. The molecule has 1 heterocycles. The molecule has 0 amide bonds. The van der Waals surface area contributed by atoms with Gasteiger partial charge in [-0.2, -0.15) is 0 Å². The number of anilines is 1. The van der Waals surface area contributed by atoms with Gasteiger partial charge in [-0.25, -0.2) is 18.2 Å². The number of ether oxygens (including phenoxy) is 1. The second-order valence-corrected chi connectivity index (χ2v) is 8.32. The fraction of sp³-hybridized carbons (Fsp3) is 0.294. The highest BCUT2D eigenvalue weighted by Gasteiger charge is 2.18. The molecule has 0 spiro atoms. The molecule has 0 aliphatic carbocycles. The number of nitrogens with zero attached hydrogens (tertiary/aromatic N) is 3. The zero-order chi connectivity index (χ0) is 19.2. The van der Waals surface area contributed by atoms with Crippen molar-refractivity contribution in [3.63, 3.8) is 0 Å². The first kappa shape index (κ1) is 20.2. The van der Waals surface area contributed by atoms with Gasteiger partial charge in [0.15, 0.2) is 5.69 Å². The standard InChI is InChI=1S/C17H19BrN4O3S/c1-19-14-6-4-7-15(11-14)26(23,24)21-16-10-13(18)12-20-17(16)25-9-5-8-22(2)3/h4,6-7,10-12,21H,5,8-9H2,2-3H3. The number of pyridine rings is 1. The van der Waals surface area contributed by atoms with E-state index in [1.165, 1.54) is 18.2 Å². The van der Waals surface area contributed by atoms with Crippen molar-refractivity contribution in [2.75, 3.05) is 32.0 Å². The number of hydrogen-bond donors (Lipinski definition) is 1. The number of nitrogens with one attached hydrogen (secondary N) is 1. The van der Waals surface area contributed by atoms with Gasteiger partial charge in [0.1, 0.15) is 5.69 Å². The molecule has 0 saturated carbocycles. The first-order valence-corrected chi connectivity index (χ1v) is 10.0. The van der Waals surface area contributed by atoms with Gasteiger partial charge in [-0.15, -0.1) is 0 Å². The molecule has 2 aromatic rings. The molecule has 9 heteroatoms. The number of hydrogen-bond acceptors (Lipinski definition) is 5. The van der Waals surface area contributed by atoms with E-state index in [9.17, 15) is 8.42 Å². The predicted molar refractivity (Wildman–Crippen MR) is 104 cm³/mol. The Morgan fingerprint density at radius 2 is 2.12 bits per heavy atom. The molecule has 26 heavy (non-hydrogen) atoms. The molecule has 2 rings (SSSR count). The molecule has 0 aliphatic heterocycles. The molecule has 7 nitrogen and oxygen atoms in total. The van der Waals surface area contributed by atoms with E-state index in [4.69, 9.17) is 11.3 Å². The van der Waals surface area contributed by atoms with Crippen molar-refractivity contribution >= 4 is 37.3 Å². The van der Waals surface area contributed by atoms with E-state index in [0.29, 0.717) is 11.1 Å². The van der Waals surface area contributed by atoms with Gasteiger partial charge in [-0.05, 0) is 54.6 Å². The summed E-state index contributed by atoms with van der Waals surface area (Å²) in [4.78, 5) is 9.44. The van der Waals surface area contributed by atoms with Gasteiger partial charge in [0.05, 0.1) is 18.1 Å². The second-order valence-electron chi connectivity index (χ2n) is 5.73. The molecule has 1 aromatic carbocycles. The summed E-state index contributed by atoms with van der Waals surface area (Å²) >= 11 is 3.28. The van der Waals surface area contributed by atoms with Crippen LogP contribution in [-0.2, 0) is 10.0 Å². The Morgan fingerprint density at radius 3 is 2.81 bits per heavy atom. The van der Waals surface area contributed by atoms with Crippen molar-refractivity contribution in [2.24, 2.45) is 0 Å². The van der Waals surface area contributed by atoms with Gasteiger partial charge in [0.2, 0.25) is 5.88 Å². The lowest BCUT2D eigenvalue weighted by atomic mass is 10.3. The molecule has 0 atom stereocenters. The highest BCUT2D eigenvalue weighted by molar-refractivity contribution is 9.10. The largest absolute Gasteiger partial charge is 0.476 e. The summed E-state index contributed by atoms with van der Waals surface area (Å²) in [7, 11) is 0.0623. The summed E-state index contributed by atoms with van der Waals surface area (Å²) in [6, 6.07) is 7.41.